The van der Waals surface area contributed by atoms with Crippen molar-refractivity contribution >= 4 is 5.96 Å². The third kappa shape index (κ3) is 5.83. The minimum absolute atomic E-state index is 0.186. The molecular formula is C20H38N4O2. The van der Waals surface area contributed by atoms with E-state index in [0.29, 0.717) is 0 Å². The lowest BCUT2D eigenvalue weighted by Crippen LogP contribution is -2.53. The van der Waals surface area contributed by atoms with E-state index in [1.165, 1.54) is 32.5 Å². The van der Waals surface area contributed by atoms with E-state index in [0.717, 1.165) is 70.5 Å². The molecule has 3 heterocycles. The molecule has 3 rings (SSSR count). The van der Waals surface area contributed by atoms with Gasteiger partial charge in [-0.1, -0.05) is 6.92 Å². The van der Waals surface area contributed by atoms with Crippen LogP contribution in [0.1, 0.15) is 46.0 Å². The maximum Gasteiger partial charge on any atom is 0.194 e. The molecule has 0 aliphatic carbocycles. The molecule has 150 valence electrons. The molecule has 3 saturated heterocycles. The van der Waals surface area contributed by atoms with Gasteiger partial charge in [0.2, 0.25) is 0 Å². The first kappa shape index (κ1) is 19.9. The maximum atomic E-state index is 5.98. The van der Waals surface area contributed by atoms with Crippen LogP contribution in [0.15, 0.2) is 4.99 Å². The van der Waals surface area contributed by atoms with Gasteiger partial charge in [0.1, 0.15) is 6.10 Å². The first-order chi connectivity index (χ1) is 12.8. The van der Waals surface area contributed by atoms with Crippen LogP contribution in [0.2, 0.25) is 0 Å². The SMILES string of the molecule is CCNC(=NCCCN1CCC(C)CC1)N1CCOC(C2CCCO2)C1. The lowest BCUT2D eigenvalue weighted by molar-refractivity contribution is -0.0817. The Morgan fingerprint density at radius 2 is 1.88 bits per heavy atom. The standard InChI is InChI=1S/C20H38N4O2/c1-3-21-20(22-9-5-10-23-11-7-17(2)8-12-23)24-13-15-26-19(16-24)18-6-4-14-25-18/h17-19H,3-16H2,1-2H3,(H,21,22). The van der Waals surface area contributed by atoms with Crippen molar-refractivity contribution in [2.24, 2.45) is 10.9 Å². The summed E-state index contributed by atoms with van der Waals surface area (Å²) in [5, 5.41) is 3.47. The van der Waals surface area contributed by atoms with E-state index in [1.807, 2.05) is 0 Å². The van der Waals surface area contributed by atoms with Gasteiger partial charge in [-0.15, -0.1) is 0 Å². The van der Waals surface area contributed by atoms with Crippen LogP contribution in [-0.4, -0.2) is 87.0 Å². The van der Waals surface area contributed by atoms with Gasteiger partial charge in [0.15, 0.2) is 5.96 Å². The molecular weight excluding hydrogens is 328 g/mol. The average molecular weight is 367 g/mol. The fourth-order valence-corrected chi connectivity index (χ4v) is 4.18. The van der Waals surface area contributed by atoms with Crippen molar-refractivity contribution in [3.63, 3.8) is 0 Å². The Morgan fingerprint density at radius 3 is 2.62 bits per heavy atom. The summed E-state index contributed by atoms with van der Waals surface area (Å²) in [6, 6.07) is 0. The number of piperidine rings is 1. The van der Waals surface area contributed by atoms with E-state index in [9.17, 15) is 0 Å². The predicted molar refractivity (Wildman–Crippen MR) is 106 cm³/mol. The molecule has 1 N–H and O–H groups in total. The summed E-state index contributed by atoms with van der Waals surface area (Å²) >= 11 is 0. The Hall–Kier alpha value is -0.850. The van der Waals surface area contributed by atoms with E-state index in [2.05, 4.69) is 29.0 Å². The first-order valence-electron chi connectivity index (χ1n) is 10.7. The number of morpholine rings is 1. The monoisotopic (exact) mass is 366 g/mol. The number of ether oxygens (including phenoxy) is 2. The van der Waals surface area contributed by atoms with Crippen LogP contribution in [0, 0.1) is 5.92 Å². The Bertz CT molecular complexity index is 432. The van der Waals surface area contributed by atoms with Gasteiger partial charge in [-0.2, -0.15) is 0 Å². The van der Waals surface area contributed by atoms with E-state index in [4.69, 9.17) is 14.5 Å². The molecule has 0 spiro atoms. The van der Waals surface area contributed by atoms with Crippen LogP contribution < -0.4 is 5.32 Å². The number of rotatable bonds is 6. The quantitative estimate of drug-likeness (QED) is 0.442. The summed E-state index contributed by atoms with van der Waals surface area (Å²) in [5.74, 6) is 1.95. The minimum Gasteiger partial charge on any atom is -0.375 e. The smallest absolute Gasteiger partial charge is 0.194 e. The number of nitrogens with one attached hydrogen (secondary N) is 1. The normalized spacial score (nSPS) is 29.3. The first-order valence-corrected chi connectivity index (χ1v) is 10.7. The second-order valence-corrected chi connectivity index (χ2v) is 8.02. The van der Waals surface area contributed by atoms with Crippen molar-refractivity contribution in [2.75, 3.05) is 59.0 Å². The van der Waals surface area contributed by atoms with E-state index < -0.39 is 0 Å². The zero-order chi connectivity index (χ0) is 18.2. The van der Waals surface area contributed by atoms with Gasteiger partial charge in [0.25, 0.3) is 0 Å². The van der Waals surface area contributed by atoms with E-state index in [1.54, 1.807) is 0 Å². The number of nitrogens with zero attached hydrogens (tertiary/aromatic N) is 3. The third-order valence-corrected chi connectivity index (χ3v) is 5.88. The van der Waals surface area contributed by atoms with Crippen LogP contribution in [0.4, 0.5) is 0 Å². The molecule has 0 aromatic heterocycles. The Morgan fingerprint density at radius 1 is 1.08 bits per heavy atom. The Balaban J connectivity index is 1.45. The number of aliphatic imine (C=N–C) groups is 1. The fourth-order valence-electron chi connectivity index (χ4n) is 4.18. The highest BCUT2D eigenvalue weighted by molar-refractivity contribution is 5.80. The molecule has 2 atom stereocenters. The predicted octanol–water partition coefficient (Wildman–Crippen LogP) is 1.95. The van der Waals surface area contributed by atoms with Gasteiger partial charge in [0, 0.05) is 32.8 Å². The van der Waals surface area contributed by atoms with Crippen molar-refractivity contribution in [3.8, 4) is 0 Å². The second-order valence-electron chi connectivity index (χ2n) is 8.02. The summed E-state index contributed by atoms with van der Waals surface area (Å²) in [6.07, 6.45) is 6.58. The topological polar surface area (TPSA) is 49.3 Å². The highest BCUT2D eigenvalue weighted by atomic mass is 16.5. The molecule has 3 aliphatic rings. The van der Waals surface area contributed by atoms with Gasteiger partial charge >= 0.3 is 0 Å². The van der Waals surface area contributed by atoms with Crippen LogP contribution in [0.5, 0.6) is 0 Å². The van der Waals surface area contributed by atoms with Crippen LogP contribution >= 0.6 is 0 Å². The van der Waals surface area contributed by atoms with E-state index in [-0.39, 0.29) is 12.2 Å². The summed E-state index contributed by atoms with van der Waals surface area (Å²) < 4.78 is 11.8. The van der Waals surface area contributed by atoms with Gasteiger partial charge in [-0.25, -0.2) is 0 Å². The molecule has 26 heavy (non-hydrogen) atoms. The molecule has 2 unspecified atom stereocenters. The highest BCUT2D eigenvalue weighted by Crippen LogP contribution is 2.21. The average Bonchev–Trinajstić information content (AvgIpc) is 3.21. The largest absolute Gasteiger partial charge is 0.375 e. The summed E-state index contributed by atoms with van der Waals surface area (Å²) in [6.45, 7) is 13.5. The molecule has 0 aromatic rings. The minimum atomic E-state index is 0.186. The number of likely N-dealkylation sites (tertiary alicyclic amines) is 1. The fraction of sp³-hybridized carbons (Fsp3) is 0.950. The van der Waals surface area contributed by atoms with Crippen molar-refractivity contribution in [2.45, 2.75) is 58.2 Å². The molecule has 6 nitrogen and oxygen atoms in total. The van der Waals surface area contributed by atoms with Crippen LogP contribution in [0.3, 0.4) is 0 Å². The summed E-state index contributed by atoms with van der Waals surface area (Å²) in [5.41, 5.74) is 0. The molecule has 6 heteroatoms. The second kappa shape index (κ2) is 10.5. The number of hydrogen-bond donors (Lipinski definition) is 1. The summed E-state index contributed by atoms with van der Waals surface area (Å²) in [4.78, 5) is 9.87. The molecule has 3 aliphatic heterocycles. The molecule has 0 bridgehead atoms. The van der Waals surface area contributed by atoms with Gasteiger partial charge < -0.3 is 24.6 Å². The van der Waals surface area contributed by atoms with Gasteiger partial charge in [0.05, 0.1) is 12.7 Å². The molecule has 0 radical (unpaired) electrons. The molecule has 0 saturated carbocycles. The van der Waals surface area contributed by atoms with Crippen molar-refractivity contribution < 1.29 is 9.47 Å². The zero-order valence-electron chi connectivity index (χ0n) is 16.8. The maximum absolute atomic E-state index is 5.98. The van der Waals surface area contributed by atoms with Crippen molar-refractivity contribution in [3.05, 3.63) is 0 Å². The van der Waals surface area contributed by atoms with Gasteiger partial charge in [-0.05, 0) is 64.6 Å². The lowest BCUT2D eigenvalue weighted by atomic mass is 9.99. The molecule has 0 aromatic carbocycles. The zero-order valence-corrected chi connectivity index (χ0v) is 16.8. The molecule has 3 fully saturated rings. The van der Waals surface area contributed by atoms with E-state index >= 15 is 0 Å². The molecule has 0 amide bonds. The summed E-state index contributed by atoms with van der Waals surface area (Å²) in [7, 11) is 0. The highest BCUT2D eigenvalue weighted by Gasteiger charge is 2.32. The van der Waals surface area contributed by atoms with Crippen molar-refractivity contribution in [1.29, 1.82) is 0 Å². The van der Waals surface area contributed by atoms with Crippen LogP contribution in [0.25, 0.3) is 0 Å². The van der Waals surface area contributed by atoms with Crippen LogP contribution in [-0.2, 0) is 9.47 Å². The third-order valence-electron chi connectivity index (χ3n) is 5.88. The van der Waals surface area contributed by atoms with Crippen molar-refractivity contribution in [1.82, 2.24) is 15.1 Å². The number of guanidine groups is 1. The lowest BCUT2D eigenvalue weighted by Gasteiger charge is -2.37. The number of hydrogen-bond acceptors (Lipinski definition) is 4. The van der Waals surface area contributed by atoms with Gasteiger partial charge in [-0.3, -0.25) is 4.99 Å². The Labute approximate surface area is 159 Å². The Kier molecular flexibility index (Phi) is 8.02.